The summed E-state index contributed by atoms with van der Waals surface area (Å²) in [6.45, 7) is 0.371. The van der Waals surface area contributed by atoms with Gasteiger partial charge in [0.15, 0.2) is 0 Å². The average molecular weight is 344 g/mol. The zero-order valence-electron chi connectivity index (χ0n) is 13.2. The summed E-state index contributed by atoms with van der Waals surface area (Å²) in [4.78, 5) is 49.5. The molecule has 134 valence electrons. The lowest BCUT2D eigenvalue weighted by Gasteiger charge is -2.24. The maximum atomic E-state index is 11.6. The molecule has 0 aromatic rings. The Bertz CT molecular complexity index is 411. The molecule has 2 aliphatic heterocycles. The highest BCUT2D eigenvalue weighted by molar-refractivity contribution is 5.76. The first-order valence-corrected chi connectivity index (χ1v) is 7.60. The van der Waals surface area contributed by atoms with Crippen molar-refractivity contribution in [3.05, 3.63) is 0 Å². The zero-order valence-corrected chi connectivity index (χ0v) is 13.2. The first kappa shape index (κ1) is 18.1. The van der Waals surface area contributed by atoms with Gasteiger partial charge in [0.25, 0.3) is 0 Å². The summed E-state index contributed by atoms with van der Waals surface area (Å²) in [6, 6.07) is 0. The third-order valence-corrected chi connectivity index (χ3v) is 3.36. The van der Waals surface area contributed by atoms with Crippen LogP contribution < -0.4 is 0 Å². The van der Waals surface area contributed by atoms with Gasteiger partial charge in [-0.2, -0.15) is 0 Å². The molecule has 2 fully saturated rings. The molecule has 24 heavy (non-hydrogen) atoms. The molecule has 2 aliphatic rings. The van der Waals surface area contributed by atoms with Gasteiger partial charge in [-0.25, -0.2) is 0 Å². The summed E-state index contributed by atoms with van der Waals surface area (Å²) in [5.41, 5.74) is 0. The number of carbonyl (C=O) groups excluding carboxylic acids is 4. The molecule has 0 saturated carbocycles. The number of hydrogen-bond donors (Lipinski definition) is 0. The minimum Gasteiger partial charge on any atom is -0.461 e. The molecule has 0 N–H and O–H groups in total. The van der Waals surface area contributed by atoms with E-state index in [1.165, 1.54) is 0 Å². The van der Waals surface area contributed by atoms with Gasteiger partial charge in [0.1, 0.15) is 26.4 Å². The first-order chi connectivity index (χ1) is 11.5. The van der Waals surface area contributed by atoms with E-state index in [0.717, 1.165) is 0 Å². The second kappa shape index (κ2) is 9.18. The van der Waals surface area contributed by atoms with E-state index in [0.29, 0.717) is 0 Å². The van der Waals surface area contributed by atoms with Gasteiger partial charge >= 0.3 is 23.9 Å². The fraction of sp³-hybridized carbons (Fsp3) is 0.714. The van der Waals surface area contributed by atoms with Crippen LogP contribution in [0.3, 0.4) is 0 Å². The molecule has 10 nitrogen and oxygen atoms in total. The third kappa shape index (κ3) is 6.50. The van der Waals surface area contributed by atoms with Gasteiger partial charge in [0.2, 0.25) is 0 Å². The van der Waals surface area contributed by atoms with Gasteiger partial charge in [-0.3, -0.25) is 29.0 Å². The Morgan fingerprint density at radius 2 is 0.792 bits per heavy atom. The second-order valence-corrected chi connectivity index (χ2v) is 5.30. The number of hydrogen-bond acceptors (Lipinski definition) is 10. The van der Waals surface area contributed by atoms with Crippen LogP contribution in [0.2, 0.25) is 0 Å². The van der Waals surface area contributed by atoms with E-state index >= 15 is 0 Å². The van der Waals surface area contributed by atoms with Gasteiger partial charge in [-0.15, -0.1) is 0 Å². The first-order valence-electron chi connectivity index (χ1n) is 7.60. The molecule has 0 spiro atoms. The molecule has 2 rings (SSSR count). The van der Waals surface area contributed by atoms with Crippen LogP contribution in [-0.2, 0) is 38.1 Å². The number of esters is 4. The molecule has 0 unspecified atom stereocenters. The lowest BCUT2D eigenvalue weighted by atomic mass is 10.4. The van der Waals surface area contributed by atoms with Crippen molar-refractivity contribution in [2.45, 2.75) is 0 Å². The van der Waals surface area contributed by atoms with E-state index in [4.69, 9.17) is 18.9 Å². The molecule has 0 aliphatic carbocycles. The van der Waals surface area contributed by atoms with E-state index < -0.39 is 23.9 Å². The largest absolute Gasteiger partial charge is 0.461 e. The second-order valence-electron chi connectivity index (χ2n) is 5.30. The topological polar surface area (TPSA) is 112 Å². The van der Waals surface area contributed by atoms with E-state index in [1.54, 1.807) is 9.80 Å². The molecule has 0 amide bonds. The lowest BCUT2D eigenvalue weighted by molar-refractivity contribution is -0.148. The van der Waals surface area contributed by atoms with Gasteiger partial charge in [0, 0.05) is 13.1 Å². The summed E-state index contributed by atoms with van der Waals surface area (Å²) in [7, 11) is 0. The fourth-order valence-corrected chi connectivity index (χ4v) is 2.25. The predicted octanol–water partition coefficient (Wildman–Crippen LogP) is -2.21. The van der Waals surface area contributed by atoms with E-state index in [1.807, 2.05) is 0 Å². The van der Waals surface area contributed by atoms with Crippen LogP contribution in [-0.4, -0.2) is 99.4 Å². The van der Waals surface area contributed by atoms with Crippen molar-refractivity contribution in [3.63, 3.8) is 0 Å². The third-order valence-electron chi connectivity index (χ3n) is 3.36. The standard InChI is InChI=1S/C14H20N2O8/c17-11-7-15(8-12(18)22-4-3-21-11)1-2-16-9-13(19)23-5-6-24-14(20)10-16/h1-10H2. The number of nitrogens with zero attached hydrogens (tertiary/aromatic N) is 2. The molecule has 0 bridgehead atoms. The van der Waals surface area contributed by atoms with Crippen molar-refractivity contribution in [2.24, 2.45) is 0 Å². The smallest absolute Gasteiger partial charge is 0.320 e. The summed E-state index contributed by atoms with van der Waals surface area (Å²) >= 11 is 0. The molecule has 2 saturated heterocycles. The van der Waals surface area contributed by atoms with Crippen molar-refractivity contribution >= 4 is 23.9 Å². The molecule has 0 aromatic heterocycles. The van der Waals surface area contributed by atoms with Crippen LogP contribution >= 0.6 is 0 Å². The Hall–Kier alpha value is -2.20. The minimum atomic E-state index is -0.461. The average Bonchev–Trinajstić information content (AvgIpc) is 2.65. The van der Waals surface area contributed by atoms with Crippen LogP contribution in [0.4, 0.5) is 0 Å². The number of cyclic esters (lactones) is 4. The summed E-state index contributed by atoms with van der Waals surface area (Å²) in [5.74, 6) is -1.85. The maximum Gasteiger partial charge on any atom is 0.320 e. The Morgan fingerprint density at radius 3 is 1.04 bits per heavy atom. The molecule has 0 radical (unpaired) electrons. The van der Waals surface area contributed by atoms with Crippen LogP contribution in [0.5, 0.6) is 0 Å². The van der Waals surface area contributed by atoms with Crippen molar-refractivity contribution in [1.82, 2.24) is 9.80 Å². The predicted molar refractivity (Wildman–Crippen MR) is 76.7 cm³/mol. The highest BCUT2D eigenvalue weighted by atomic mass is 16.6. The zero-order chi connectivity index (χ0) is 17.4. The maximum absolute atomic E-state index is 11.6. The normalized spacial score (nSPS) is 22.5. The molecule has 0 atom stereocenters. The van der Waals surface area contributed by atoms with E-state index in [9.17, 15) is 19.2 Å². The summed E-state index contributed by atoms with van der Waals surface area (Å²) < 4.78 is 19.6. The molecule has 10 heteroatoms. The van der Waals surface area contributed by atoms with Crippen LogP contribution in [0.15, 0.2) is 0 Å². The van der Waals surface area contributed by atoms with Gasteiger partial charge in [0.05, 0.1) is 26.2 Å². The van der Waals surface area contributed by atoms with Gasteiger partial charge in [-0.1, -0.05) is 0 Å². The Morgan fingerprint density at radius 1 is 0.542 bits per heavy atom. The minimum absolute atomic E-state index is 0.0300. The Balaban J connectivity index is 1.91. The summed E-state index contributed by atoms with van der Waals surface area (Å²) in [6.07, 6.45) is 0. The van der Waals surface area contributed by atoms with Crippen molar-refractivity contribution < 1.29 is 38.1 Å². The molecular weight excluding hydrogens is 324 g/mol. The van der Waals surface area contributed by atoms with Crippen molar-refractivity contribution in [3.8, 4) is 0 Å². The highest BCUT2D eigenvalue weighted by Crippen LogP contribution is 2.00. The Labute approximate surface area is 138 Å². The summed E-state index contributed by atoms with van der Waals surface area (Å²) in [5, 5.41) is 0. The quantitative estimate of drug-likeness (QED) is 0.412. The van der Waals surface area contributed by atoms with Crippen LogP contribution in [0, 0.1) is 0 Å². The lowest BCUT2D eigenvalue weighted by Crippen LogP contribution is -2.43. The highest BCUT2D eigenvalue weighted by Gasteiger charge is 2.22. The van der Waals surface area contributed by atoms with E-state index in [2.05, 4.69) is 0 Å². The number of rotatable bonds is 3. The molecular formula is C14H20N2O8. The van der Waals surface area contributed by atoms with E-state index in [-0.39, 0.29) is 65.7 Å². The molecule has 2 heterocycles. The van der Waals surface area contributed by atoms with Crippen LogP contribution in [0.1, 0.15) is 0 Å². The molecule has 0 aromatic carbocycles. The number of ether oxygens (including phenoxy) is 4. The van der Waals surface area contributed by atoms with Gasteiger partial charge < -0.3 is 18.9 Å². The Kier molecular flexibility index (Phi) is 6.94. The number of carbonyl (C=O) groups is 4. The van der Waals surface area contributed by atoms with Crippen molar-refractivity contribution in [2.75, 3.05) is 65.7 Å². The van der Waals surface area contributed by atoms with Crippen molar-refractivity contribution in [1.29, 1.82) is 0 Å². The SMILES string of the molecule is O=C1CN(CCN2CC(=O)OCCOC(=O)C2)CC(=O)OCCO1. The fourth-order valence-electron chi connectivity index (χ4n) is 2.25. The van der Waals surface area contributed by atoms with Gasteiger partial charge in [-0.05, 0) is 0 Å². The van der Waals surface area contributed by atoms with Crippen LogP contribution in [0.25, 0.3) is 0 Å². The monoisotopic (exact) mass is 344 g/mol.